The van der Waals surface area contributed by atoms with Gasteiger partial charge in [0.25, 0.3) is 0 Å². The minimum atomic E-state index is -0.601. The lowest BCUT2D eigenvalue weighted by Gasteiger charge is -2.14. The topological polar surface area (TPSA) is 75.7 Å². The first-order valence-corrected chi connectivity index (χ1v) is 8.61. The normalized spacial score (nSPS) is 12.1. The molecule has 0 amide bonds. The number of nitrogens with one attached hydrogen (secondary N) is 2. The second-order valence-corrected chi connectivity index (χ2v) is 5.86. The third-order valence-electron chi connectivity index (χ3n) is 3.97. The molecule has 1 heterocycles. The molecule has 26 heavy (non-hydrogen) atoms. The molecular formula is C20H24N2O4. The number of fused-ring (bicyclic) bond motifs is 1. The summed E-state index contributed by atoms with van der Waals surface area (Å²) < 4.78 is 16.6. The first kappa shape index (κ1) is 18.1. The van der Waals surface area contributed by atoms with Crippen LogP contribution >= 0.6 is 0 Å². The first-order valence-electron chi connectivity index (χ1n) is 8.61. The number of benzene rings is 2. The van der Waals surface area contributed by atoms with E-state index in [4.69, 9.17) is 14.2 Å². The van der Waals surface area contributed by atoms with Gasteiger partial charge in [0.2, 0.25) is 0 Å². The Hall–Kier alpha value is -2.70. The molecule has 3 rings (SSSR count). The Kier molecular flexibility index (Phi) is 6.35. The smallest absolute Gasteiger partial charge is 0.161 e. The van der Waals surface area contributed by atoms with Gasteiger partial charge in [-0.1, -0.05) is 18.2 Å². The molecule has 0 radical (unpaired) electrons. The van der Waals surface area contributed by atoms with E-state index >= 15 is 0 Å². The molecule has 2 aromatic carbocycles. The van der Waals surface area contributed by atoms with Crippen molar-refractivity contribution < 1.29 is 19.3 Å². The van der Waals surface area contributed by atoms with Gasteiger partial charge in [0.05, 0.1) is 7.11 Å². The maximum absolute atomic E-state index is 10.1. The van der Waals surface area contributed by atoms with Gasteiger partial charge in [-0.2, -0.15) is 0 Å². The van der Waals surface area contributed by atoms with Gasteiger partial charge in [0.15, 0.2) is 11.5 Å². The largest absolute Gasteiger partial charge is 0.493 e. The lowest BCUT2D eigenvalue weighted by Crippen LogP contribution is -2.33. The third kappa shape index (κ3) is 4.68. The zero-order chi connectivity index (χ0) is 18.2. The van der Waals surface area contributed by atoms with Crippen molar-refractivity contribution in [3.05, 3.63) is 54.7 Å². The lowest BCUT2D eigenvalue weighted by atomic mass is 10.2. The fraction of sp³-hybridized carbons (Fsp3) is 0.300. The zero-order valence-electron chi connectivity index (χ0n) is 14.8. The summed E-state index contributed by atoms with van der Waals surface area (Å²) in [6.07, 6.45) is 1.27. The van der Waals surface area contributed by atoms with Crippen molar-refractivity contribution in [2.24, 2.45) is 0 Å². The highest BCUT2D eigenvalue weighted by molar-refractivity contribution is 5.85. The van der Waals surface area contributed by atoms with Crippen LogP contribution in [0.3, 0.4) is 0 Å². The number of hydrogen-bond donors (Lipinski definition) is 3. The van der Waals surface area contributed by atoms with Crippen LogP contribution in [0.15, 0.2) is 54.7 Å². The average molecular weight is 356 g/mol. The summed E-state index contributed by atoms with van der Waals surface area (Å²) in [5.41, 5.74) is 1.02. The second kappa shape index (κ2) is 9.12. The molecule has 3 N–H and O–H groups in total. The van der Waals surface area contributed by atoms with Crippen LogP contribution in [0.2, 0.25) is 0 Å². The average Bonchev–Trinajstić information content (AvgIpc) is 3.15. The number of methoxy groups -OCH3 is 1. The van der Waals surface area contributed by atoms with Crippen LogP contribution in [-0.4, -0.2) is 49.6 Å². The number of para-hydroxylation sites is 2. The molecule has 0 fully saturated rings. The molecule has 0 bridgehead atoms. The molecule has 1 aromatic heterocycles. The molecule has 0 aliphatic rings. The third-order valence-corrected chi connectivity index (χ3v) is 3.97. The first-order chi connectivity index (χ1) is 12.8. The van der Waals surface area contributed by atoms with E-state index in [1.165, 1.54) is 0 Å². The predicted octanol–water partition coefficient (Wildman–Crippen LogP) is 2.58. The van der Waals surface area contributed by atoms with Crippen LogP contribution in [0.25, 0.3) is 10.9 Å². The standard InChI is InChI=1S/C20H24N2O4/c1-24-19-6-2-3-7-20(19)25-12-11-21-13-15(23)14-26-18-8-4-5-17-16(18)9-10-22-17/h2-10,15,21-23H,11-14H2,1H3/t15-/m0/s1. The Morgan fingerprint density at radius 1 is 1.00 bits per heavy atom. The minimum absolute atomic E-state index is 0.227. The summed E-state index contributed by atoms with van der Waals surface area (Å²) in [4.78, 5) is 3.14. The highest BCUT2D eigenvalue weighted by Crippen LogP contribution is 2.25. The van der Waals surface area contributed by atoms with E-state index in [2.05, 4.69) is 10.3 Å². The molecule has 0 aliphatic carbocycles. The fourth-order valence-electron chi connectivity index (χ4n) is 2.67. The van der Waals surface area contributed by atoms with Crippen LogP contribution in [0, 0.1) is 0 Å². The van der Waals surface area contributed by atoms with Gasteiger partial charge in [-0.25, -0.2) is 0 Å². The van der Waals surface area contributed by atoms with E-state index in [-0.39, 0.29) is 6.61 Å². The van der Waals surface area contributed by atoms with Crippen molar-refractivity contribution in [3.8, 4) is 17.2 Å². The Morgan fingerprint density at radius 3 is 2.65 bits per heavy atom. The molecule has 138 valence electrons. The Labute approximate surface area is 152 Å². The summed E-state index contributed by atoms with van der Waals surface area (Å²) in [6.45, 7) is 1.75. The molecule has 0 saturated heterocycles. The summed E-state index contributed by atoms with van der Waals surface area (Å²) >= 11 is 0. The molecule has 3 aromatic rings. The van der Waals surface area contributed by atoms with Crippen molar-refractivity contribution in [3.63, 3.8) is 0 Å². The van der Waals surface area contributed by atoms with E-state index in [1.807, 2.05) is 54.7 Å². The SMILES string of the molecule is COc1ccccc1OCCNC[C@H](O)COc1cccc2[nH]ccc12. The van der Waals surface area contributed by atoms with Gasteiger partial charge in [-0.3, -0.25) is 0 Å². The summed E-state index contributed by atoms with van der Waals surface area (Å²) in [7, 11) is 1.62. The van der Waals surface area contributed by atoms with Crippen molar-refractivity contribution >= 4 is 10.9 Å². The number of rotatable bonds is 10. The molecule has 6 nitrogen and oxygen atoms in total. The van der Waals surface area contributed by atoms with Crippen LogP contribution in [0.1, 0.15) is 0 Å². The maximum Gasteiger partial charge on any atom is 0.161 e. The number of ether oxygens (including phenoxy) is 3. The molecule has 6 heteroatoms. The van der Waals surface area contributed by atoms with Gasteiger partial charge >= 0.3 is 0 Å². The van der Waals surface area contributed by atoms with Gasteiger partial charge in [0, 0.05) is 30.2 Å². The van der Waals surface area contributed by atoms with E-state index < -0.39 is 6.10 Å². The minimum Gasteiger partial charge on any atom is -0.493 e. The molecule has 0 spiro atoms. The number of H-pyrrole nitrogens is 1. The van der Waals surface area contributed by atoms with Gasteiger partial charge in [0.1, 0.15) is 25.1 Å². The Morgan fingerprint density at radius 2 is 1.81 bits per heavy atom. The Bertz CT molecular complexity index is 818. The number of aromatic nitrogens is 1. The van der Waals surface area contributed by atoms with E-state index in [0.29, 0.717) is 31.2 Å². The van der Waals surface area contributed by atoms with Gasteiger partial charge < -0.3 is 29.6 Å². The summed E-state index contributed by atoms with van der Waals surface area (Å²) in [5, 5.41) is 14.2. The quantitative estimate of drug-likeness (QED) is 0.487. The van der Waals surface area contributed by atoms with E-state index in [0.717, 1.165) is 16.7 Å². The van der Waals surface area contributed by atoms with Crippen LogP contribution in [0.5, 0.6) is 17.2 Å². The van der Waals surface area contributed by atoms with Crippen LogP contribution in [-0.2, 0) is 0 Å². The zero-order valence-corrected chi connectivity index (χ0v) is 14.8. The van der Waals surface area contributed by atoms with Crippen molar-refractivity contribution in [1.82, 2.24) is 10.3 Å². The van der Waals surface area contributed by atoms with Gasteiger partial charge in [-0.15, -0.1) is 0 Å². The molecule has 0 aliphatic heterocycles. The number of aliphatic hydroxyl groups is 1. The number of hydrogen-bond acceptors (Lipinski definition) is 5. The Balaban J connectivity index is 1.35. The highest BCUT2D eigenvalue weighted by Gasteiger charge is 2.08. The number of aromatic amines is 1. The summed E-state index contributed by atoms with van der Waals surface area (Å²) in [6, 6.07) is 15.3. The van der Waals surface area contributed by atoms with Crippen molar-refractivity contribution in [2.45, 2.75) is 6.10 Å². The van der Waals surface area contributed by atoms with Crippen molar-refractivity contribution in [1.29, 1.82) is 0 Å². The maximum atomic E-state index is 10.1. The van der Waals surface area contributed by atoms with E-state index in [9.17, 15) is 5.11 Å². The molecule has 0 unspecified atom stereocenters. The van der Waals surface area contributed by atoms with Crippen LogP contribution < -0.4 is 19.5 Å². The number of aliphatic hydroxyl groups excluding tert-OH is 1. The molecular weight excluding hydrogens is 332 g/mol. The summed E-state index contributed by atoms with van der Waals surface area (Å²) in [5.74, 6) is 2.18. The predicted molar refractivity (Wildman–Crippen MR) is 101 cm³/mol. The fourth-order valence-corrected chi connectivity index (χ4v) is 2.67. The highest BCUT2D eigenvalue weighted by atomic mass is 16.5. The van der Waals surface area contributed by atoms with Crippen LogP contribution in [0.4, 0.5) is 0 Å². The van der Waals surface area contributed by atoms with Gasteiger partial charge in [-0.05, 0) is 30.3 Å². The monoisotopic (exact) mass is 356 g/mol. The second-order valence-electron chi connectivity index (χ2n) is 5.86. The molecule has 1 atom stereocenters. The van der Waals surface area contributed by atoms with E-state index in [1.54, 1.807) is 7.11 Å². The lowest BCUT2D eigenvalue weighted by molar-refractivity contribution is 0.106. The molecule has 0 saturated carbocycles. The van der Waals surface area contributed by atoms with Crippen molar-refractivity contribution in [2.75, 3.05) is 33.4 Å².